The molecule has 23 nitrogen and oxygen atoms in total. The number of thioether (sulfide) groups is 2. The molecule has 0 saturated heterocycles. The van der Waals surface area contributed by atoms with Gasteiger partial charge in [0.2, 0.25) is 11.8 Å². The molecule has 0 saturated carbocycles. The molecule has 90 heavy (non-hydrogen) atoms. The van der Waals surface area contributed by atoms with Crippen LogP contribution in [0.15, 0.2) is 60.8 Å². The van der Waals surface area contributed by atoms with E-state index in [1.54, 1.807) is 17.2 Å². The minimum Gasteiger partial charge on any atom is -0.481 e. The SMILES string of the molecule is CC(N)(CSC(CC(=O)NCC(=O)CCCOCCOCCOCCOCCC(=O)C[C@@H](CSCC(=O)N(CCCN)[C@@H](c1cc(-c2cc(F)ccc2F)cn1Cc1ccccc1)C(C)(C)C)C(=O)O)C(=O)O)C(=O)O.O=C(O)C(F)(F)F.O=C(O)C(F)(F)F. The molecular formula is C57H77F8N5O18S2. The summed E-state index contributed by atoms with van der Waals surface area (Å²) in [6.45, 7) is 9.77. The first-order valence-electron chi connectivity index (χ1n) is 27.5. The van der Waals surface area contributed by atoms with Crippen LogP contribution in [0, 0.1) is 23.0 Å². The predicted molar refractivity (Wildman–Crippen MR) is 312 cm³/mol. The molecule has 2 unspecified atom stereocenters. The fourth-order valence-corrected chi connectivity index (χ4v) is 9.72. The molecule has 2 amide bonds. The zero-order valence-corrected chi connectivity index (χ0v) is 51.4. The average Bonchev–Trinajstić information content (AvgIpc) is 1.60. The van der Waals surface area contributed by atoms with Crippen molar-refractivity contribution < 1.29 is 123 Å². The number of carbonyl (C=O) groups is 9. The fraction of sp³-hybridized carbons (Fsp3) is 0.561. The Morgan fingerprint density at radius 1 is 0.678 bits per heavy atom. The monoisotopic (exact) mass is 1340 g/mol. The second kappa shape index (κ2) is 40.9. The van der Waals surface area contributed by atoms with Gasteiger partial charge in [0, 0.05) is 79.9 Å². The van der Waals surface area contributed by atoms with Crippen molar-refractivity contribution in [3.05, 3.63) is 83.7 Å². The summed E-state index contributed by atoms with van der Waals surface area (Å²) in [6.07, 6.45) is -8.11. The van der Waals surface area contributed by atoms with E-state index in [0.29, 0.717) is 37.2 Å². The molecule has 10 N–H and O–H groups in total. The molecule has 2 aromatic carbocycles. The van der Waals surface area contributed by atoms with Crippen molar-refractivity contribution in [1.29, 1.82) is 0 Å². The molecule has 0 aliphatic heterocycles. The second-order valence-corrected chi connectivity index (χ2v) is 23.2. The van der Waals surface area contributed by atoms with Crippen molar-refractivity contribution in [2.24, 2.45) is 22.8 Å². The van der Waals surface area contributed by atoms with Gasteiger partial charge in [0.25, 0.3) is 0 Å². The first-order valence-corrected chi connectivity index (χ1v) is 29.7. The van der Waals surface area contributed by atoms with E-state index in [1.165, 1.54) is 6.92 Å². The number of halogens is 8. The zero-order chi connectivity index (χ0) is 68.4. The van der Waals surface area contributed by atoms with E-state index in [1.807, 2.05) is 55.7 Å². The topological polar surface area (TPSA) is 364 Å². The van der Waals surface area contributed by atoms with Crippen LogP contribution in [0.4, 0.5) is 35.1 Å². The standard InChI is InChI=1S/C53H75F2N5O14S2.2C2HF3O2/c1-52(2,3)48(44-27-37(42-28-39(54)13-14-43(42)55)32-59(44)31-36-10-6-5-7-11-36)60(17-9-16-56)47(64)34-75-33-38(49(65)66)26-40(61)15-19-72-21-23-74-25-24-73-22-20-71-18-8-12-41(62)30-58-46(63)29-45(50(67)68)76-35-53(4,57)51(69)70;2*3-2(4,5)1(6)7/h5-7,10-11,13-14,27-28,32,38,45,48H,8-9,12,15-26,29-31,33-35,56-57H2,1-4H3,(H,58,63)(H,65,66)(H,67,68)(H,69,70);2*(H,6,7)/t38-,45?,48-,53?;;/m0../s1. The van der Waals surface area contributed by atoms with Gasteiger partial charge in [-0.1, -0.05) is 51.1 Å². The lowest BCUT2D eigenvalue weighted by atomic mass is 9.83. The van der Waals surface area contributed by atoms with Gasteiger partial charge in [0.1, 0.15) is 28.2 Å². The number of carboxylic acid groups (broad SMARTS) is 5. The molecule has 0 spiro atoms. The number of alkyl halides is 6. The summed E-state index contributed by atoms with van der Waals surface area (Å²) in [7, 11) is 0. The average molecular weight is 1340 g/mol. The minimum absolute atomic E-state index is 0.00577. The molecule has 0 bridgehead atoms. The maximum atomic E-state index is 15.2. The molecule has 3 aromatic rings. The van der Waals surface area contributed by atoms with Crippen LogP contribution in [0.3, 0.4) is 0 Å². The number of rotatable bonds is 40. The number of ether oxygens (including phenoxy) is 4. The number of benzene rings is 2. The highest BCUT2D eigenvalue weighted by atomic mass is 32.2. The molecule has 0 aliphatic rings. The van der Waals surface area contributed by atoms with Crippen LogP contribution in [0.5, 0.6) is 0 Å². The highest BCUT2D eigenvalue weighted by molar-refractivity contribution is 8.00. The van der Waals surface area contributed by atoms with Gasteiger partial charge in [-0.2, -0.15) is 38.1 Å². The molecule has 1 aromatic heterocycles. The number of carboxylic acids is 5. The number of nitrogens with two attached hydrogens (primary N) is 2. The first-order chi connectivity index (χ1) is 41.9. The number of aromatic nitrogens is 1. The molecule has 4 atom stereocenters. The van der Waals surface area contributed by atoms with Gasteiger partial charge < -0.3 is 70.7 Å². The van der Waals surface area contributed by atoms with E-state index in [0.717, 1.165) is 47.3 Å². The molecule has 1 heterocycles. The highest BCUT2D eigenvalue weighted by Gasteiger charge is 2.40. The smallest absolute Gasteiger partial charge is 0.481 e. The molecule has 0 fully saturated rings. The van der Waals surface area contributed by atoms with Gasteiger partial charge in [0.15, 0.2) is 5.78 Å². The van der Waals surface area contributed by atoms with Crippen molar-refractivity contribution in [2.75, 3.05) is 89.7 Å². The van der Waals surface area contributed by atoms with Crippen LogP contribution >= 0.6 is 23.5 Å². The molecule has 33 heteroatoms. The van der Waals surface area contributed by atoms with Crippen LogP contribution < -0.4 is 16.8 Å². The lowest BCUT2D eigenvalue weighted by Crippen LogP contribution is -2.48. The summed E-state index contributed by atoms with van der Waals surface area (Å²) < 4.78 is 117. The number of hydrogen-bond acceptors (Lipinski definition) is 17. The third-order valence-corrected chi connectivity index (χ3v) is 14.8. The largest absolute Gasteiger partial charge is 0.490 e. The Bertz CT molecular complexity index is 2750. The third-order valence-electron chi connectivity index (χ3n) is 12.1. The van der Waals surface area contributed by atoms with E-state index in [2.05, 4.69) is 5.32 Å². The summed E-state index contributed by atoms with van der Waals surface area (Å²) in [5, 5.41) is 43.9. The van der Waals surface area contributed by atoms with Crippen LogP contribution in [0.2, 0.25) is 0 Å². The second-order valence-electron chi connectivity index (χ2n) is 21.0. The highest BCUT2D eigenvalue weighted by Crippen LogP contribution is 2.41. The van der Waals surface area contributed by atoms with Gasteiger partial charge in [-0.25, -0.2) is 18.4 Å². The number of amides is 2. The predicted octanol–water partition coefficient (Wildman–Crippen LogP) is 6.71. The molecular weight excluding hydrogens is 1260 g/mol. The molecule has 506 valence electrons. The van der Waals surface area contributed by atoms with Gasteiger partial charge in [-0.05, 0) is 61.6 Å². The Kier molecular flexibility index (Phi) is 36.9. The van der Waals surface area contributed by atoms with Crippen molar-refractivity contribution >= 4 is 76.8 Å². The number of Topliss-reactive ketones (excluding diaryl/α,β-unsaturated/α-hetero) is 2. The summed E-state index contributed by atoms with van der Waals surface area (Å²) in [5.41, 5.74) is 11.5. The van der Waals surface area contributed by atoms with Crippen molar-refractivity contribution in [3.63, 3.8) is 0 Å². The fourth-order valence-electron chi connectivity index (χ4n) is 7.64. The Hall–Kier alpha value is -6.75. The van der Waals surface area contributed by atoms with Crippen LogP contribution in [0.25, 0.3) is 11.1 Å². The van der Waals surface area contributed by atoms with E-state index >= 15 is 4.39 Å². The van der Waals surface area contributed by atoms with Gasteiger partial charge >= 0.3 is 42.2 Å². The van der Waals surface area contributed by atoms with Crippen LogP contribution in [-0.2, 0) is 68.6 Å². The first kappa shape index (κ1) is 81.3. The Morgan fingerprint density at radius 3 is 1.72 bits per heavy atom. The van der Waals surface area contributed by atoms with E-state index < -0.39 is 94.3 Å². The van der Waals surface area contributed by atoms with Gasteiger partial charge in [-0.3, -0.25) is 33.6 Å². The normalized spacial score (nSPS) is 13.2. The number of aliphatic carboxylic acids is 5. The quantitative estimate of drug-likeness (QED) is 0.0217. The summed E-state index contributed by atoms with van der Waals surface area (Å²) in [6, 6.07) is 14.2. The van der Waals surface area contributed by atoms with E-state index in [4.69, 9.17) is 55.3 Å². The van der Waals surface area contributed by atoms with Crippen molar-refractivity contribution in [1.82, 2.24) is 14.8 Å². The minimum atomic E-state index is -5.08. The number of ketones is 2. The lowest BCUT2D eigenvalue weighted by Gasteiger charge is -2.41. The number of carbonyl (C=O) groups excluding carboxylic acids is 4. The summed E-state index contributed by atoms with van der Waals surface area (Å²) in [4.78, 5) is 106. The number of nitrogens with zero attached hydrogens (tertiary/aromatic N) is 2. The van der Waals surface area contributed by atoms with Gasteiger partial charge in [0.05, 0.1) is 70.5 Å². The van der Waals surface area contributed by atoms with Crippen molar-refractivity contribution in [3.8, 4) is 11.1 Å². The Labute approximate surface area is 521 Å². The zero-order valence-electron chi connectivity index (χ0n) is 49.8. The number of nitrogens with one attached hydrogen (secondary N) is 1. The molecule has 0 radical (unpaired) electrons. The maximum absolute atomic E-state index is 15.2. The van der Waals surface area contributed by atoms with Crippen LogP contribution in [-0.4, -0.2) is 201 Å². The van der Waals surface area contributed by atoms with E-state index in [-0.39, 0.29) is 126 Å². The summed E-state index contributed by atoms with van der Waals surface area (Å²) >= 11 is 1.86. The molecule has 3 rings (SSSR count). The molecule has 0 aliphatic carbocycles. The van der Waals surface area contributed by atoms with Crippen LogP contribution in [0.1, 0.15) is 83.5 Å². The lowest BCUT2D eigenvalue weighted by molar-refractivity contribution is -0.193. The Morgan fingerprint density at radius 2 is 1.22 bits per heavy atom. The number of hydrogen-bond donors (Lipinski definition) is 8. The van der Waals surface area contributed by atoms with Gasteiger partial charge in [-0.15, -0.1) is 11.8 Å². The maximum Gasteiger partial charge on any atom is 0.490 e. The summed E-state index contributed by atoms with van der Waals surface area (Å²) in [5.74, 6) is -13.3. The van der Waals surface area contributed by atoms with Crippen molar-refractivity contribution in [2.45, 2.75) is 102 Å². The Balaban J connectivity index is 0.00000257. The van der Waals surface area contributed by atoms with E-state index in [9.17, 15) is 74.5 Å². The third kappa shape index (κ3) is 33.4.